The number of hydrogen-bond donors (Lipinski definition) is 1. The van der Waals surface area contributed by atoms with Gasteiger partial charge in [0.25, 0.3) is 5.91 Å². The molecule has 1 atom stereocenters. The summed E-state index contributed by atoms with van der Waals surface area (Å²) < 4.78 is 48.0. The van der Waals surface area contributed by atoms with Gasteiger partial charge in [-0.3, -0.25) is 4.79 Å². The molecule has 6 nitrogen and oxygen atoms in total. The van der Waals surface area contributed by atoms with Crippen molar-refractivity contribution in [1.82, 2.24) is 5.32 Å². The first-order valence-corrected chi connectivity index (χ1v) is 10.3. The van der Waals surface area contributed by atoms with Crippen LogP contribution in [0.3, 0.4) is 0 Å². The molecule has 0 radical (unpaired) electrons. The first-order chi connectivity index (χ1) is 10.1. The summed E-state index contributed by atoms with van der Waals surface area (Å²) in [4.78, 5) is 11.9. The fourth-order valence-corrected chi connectivity index (χ4v) is 6.76. The standard InChI is InChI=1S/C14H19NO5S2/c1-10(2)15-14(16)11-4-3-5-12(8-11)22(19,20)13-6-7-21(17,18)9-13/h3-5,8,10,13H,6-7,9H2,1-2H3,(H,15,16)/t13-/m0/s1. The van der Waals surface area contributed by atoms with Crippen molar-refractivity contribution < 1.29 is 21.6 Å². The number of carbonyl (C=O) groups is 1. The molecule has 1 aromatic carbocycles. The van der Waals surface area contributed by atoms with Gasteiger partial charge in [-0.2, -0.15) is 0 Å². The minimum absolute atomic E-state index is 0.00833. The fourth-order valence-electron chi connectivity index (χ4n) is 2.36. The number of carbonyl (C=O) groups excluding carboxylic acids is 1. The molecular weight excluding hydrogens is 326 g/mol. The van der Waals surface area contributed by atoms with Crippen LogP contribution in [-0.2, 0) is 19.7 Å². The number of sulfone groups is 2. The Hall–Kier alpha value is -1.41. The van der Waals surface area contributed by atoms with E-state index in [1.54, 1.807) is 0 Å². The van der Waals surface area contributed by atoms with Crippen molar-refractivity contribution in [3.8, 4) is 0 Å². The monoisotopic (exact) mass is 345 g/mol. The van der Waals surface area contributed by atoms with Gasteiger partial charge in [-0.05, 0) is 38.5 Å². The number of hydrogen-bond acceptors (Lipinski definition) is 5. The third-order valence-corrected chi connectivity index (χ3v) is 7.64. The van der Waals surface area contributed by atoms with Crippen molar-refractivity contribution in [3.63, 3.8) is 0 Å². The van der Waals surface area contributed by atoms with Gasteiger partial charge in [0, 0.05) is 11.6 Å². The van der Waals surface area contributed by atoms with E-state index in [-0.39, 0.29) is 40.3 Å². The first-order valence-electron chi connectivity index (χ1n) is 6.97. The summed E-state index contributed by atoms with van der Waals surface area (Å²) >= 11 is 0. The average molecular weight is 345 g/mol. The Morgan fingerprint density at radius 2 is 2.00 bits per heavy atom. The lowest BCUT2D eigenvalue weighted by atomic mass is 10.2. The van der Waals surface area contributed by atoms with Gasteiger partial charge >= 0.3 is 0 Å². The molecule has 0 aliphatic carbocycles. The van der Waals surface area contributed by atoms with Crippen molar-refractivity contribution in [2.45, 2.75) is 36.5 Å². The van der Waals surface area contributed by atoms with Gasteiger partial charge in [0.1, 0.15) is 0 Å². The molecule has 1 aliphatic rings. The van der Waals surface area contributed by atoms with Crippen molar-refractivity contribution >= 4 is 25.6 Å². The number of rotatable bonds is 4. The summed E-state index contributed by atoms with van der Waals surface area (Å²) in [5.74, 6) is -0.812. The maximum atomic E-state index is 12.5. The van der Waals surface area contributed by atoms with E-state index >= 15 is 0 Å². The van der Waals surface area contributed by atoms with Crippen LogP contribution in [0.2, 0.25) is 0 Å². The summed E-state index contributed by atoms with van der Waals surface area (Å²) in [5.41, 5.74) is 0.246. The summed E-state index contributed by atoms with van der Waals surface area (Å²) in [7, 11) is -7.04. The zero-order valence-electron chi connectivity index (χ0n) is 12.4. The van der Waals surface area contributed by atoms with E-state index in [0.29, 0.717) is 0 Å². The molecule has 0 saturated carbocycles. The van der Waals surface area contributed by atoms with Gasteiger partial charge in [0.2, 0.25) is 0 Å². The molecule has 0 unspecified atom stereocenters. The molecule has 1 fully saturated rings. The quantitative estimate of drug-likeness (QED) is 0.870. The lowest BCUT2D eigenvalue weighted by Gasteiger charge is -2.12. The van der Waals surface area contributed by atoms with Crippen molar-refractivity contribution in [3.05, 3.63) is 29.8 Å². The van der Waals surface area contributed by atoms with Gasteiger partial charge in [0.05, 0.1) is 21.7 Å². The van der Waals surface area contributed by atoms with Crippen LogP contribution in [0.4, 0.5) is 0 Å². The minimum atomic E-state index is -3.75. The molecular formula is C14H19NO5S2. The maximum Gasteiger partial charge on any atom is 0.251 e. The van der Waals surface area contributed by atoms with E-state index in [1.807, 2.05) is 13.8 Å². The minimum Gasteiger partial charge on any atom is -0.350 e. The molecule has 0 spiro atoms. The van der Waals surface area contributed by atoms with Crippen LogP contribution in [-0.4, -0.2) is 45.5 Å². The van der Waals surface area contributed by atoms with Crippen molar-refractivity contribution in [2.75, 3.05) is 11.5 Å². The molecule has 0 aromatic heterocycles. The third-order valence-electron chi connectivity index (χ3n) is 3.47. The second kappa shape index (κ2) is 6.00. The normalized spacial score (nSPS) is 21.0. The smallest absolute Gasteiger partial charge is 0.251 e. The Labute approximate surface area is 130 Å². The predicted molar refractivity (Wildman–Crippen MR) is 83.3 cm³/mol. The molecule has 1 aromatic rings. The highest BCUT2D eigenvalue weighted by Gasteiger charge is 2.38. The zero-order chi connectivity index (χ0) is 16.5. The summed E-state index contributed by atoms with van der Waals surface area (Å²) in [6, 6.07) is 5.66. The Morgan fingerprint density at radius 3 is 2.55 bits per heavy atom. The van der Waals surface area contributed by atoms with Crippen LogP contribution in [0.5, 0.6) is 0 Å². The third kappa shape index (κ3) is 3.67. The Kier molecular flexibility index (Phi) is 4.62. The molecule has 0 bridgehead atoms. The molecule has 2 rings (SSSR count). The summed E-state index contributed by atoms with van der Waals surface area (Å²) in [6.45, 7) is 3.61. The Morgan fingerprint density at radius 1 is 1.32 bits per heavy atom. The maximum absolute atomic E-state index is 12.5. The van der Waals surface area contributed by atoms with E-state index in [9.17, 15) is 21.6 Å². The largest absolute Gasteiger partial charge is 0.350 e. The topological polar surface area (TPSA) is 97.4 Å². The second-order valence-corrected chi connectivity index (χ2v) is 10.2. The lowest BCUT2D eigenvalue weighted by Crippen LogP contribution is -2.30. The molecule has 1 heterocycles. The van der Waals surface area contributed by atoms with E-state index < -0.39 is 24.9 Å². The number of nitrogens with one attached hydrogen (secondary N) is 1. The van der Waals surface area contributed by atoms with Crippen LogP contribution in [0, 0.1) is 0 Å². The zero-order valence-corrected chi connectivity index (χ0v) is 14.1. The molecule has 1 amide bonds. The summed E-state index contributed by atoms with van der Waals surface area (Å²) in [6.07, 6.45) is 0.104. The molecule has 1 saturated heterocycles. The molecule has 1 N–H and O–H groups in total. The van der Waals surface area contributed by atoms with Gasteiger partial charge in [-0.15, -0.1) is 0 Å². The van der Waals surface area contributed by atoms with Crippen molar-refractivity contribution in [2.24, 2.45) is 0 Å². The predicted octanol–water partition coefficient (Wildman–Crippen LogP) is 0.786. The molecule has 122 valence electrons. The van der Waals surface area contributed by atoms with E-state index in [2.05, 4.69) is 5.32 Å². The highest BCUT2D eigenvalue weighted by atomic mass is 32.2. The SMILES string of the molecule is CC(C)NC(=O)c1cccc(S(=O)(=O)[C@H]2CCS(=O)(=O)C2)c1. The Balaban J connectivity index is 2.31. The van der Waals surface area contributed by atoms with Crippen molar-refractivity contribution in [1.29, 1.82) is 0 Å². The highest BCUT2D eigenvalue weighted by molar-refractivity contribution is 7.96. The average Bonchev–Trinajstić information content (AvgIpc) is 2.79. The number of amides is 1. The van der Waals surface area contributed by atoms with Crippen LogP contribution >= 0.6 is 0 Å². The molecule has 1 aliphatic heterocycles. The van der Waals surface area contributed by atoms with Gasteiger partial charge in [-0.25, -0.2) is 16.8 Å². The molecule has 8 heteroatoms. The number of benzene rings is 1. The van der Waals surface area contributed by atoms with Gasteiger partial charge in [0.15, 0.2) is 19.7 Å². The van der Waals surface area contributed by atoms with Gasteiger partial charge in [-0.1, -0.05) is 6.07 Å². The lowest BCUT2D eigenvalue weighted by molar-refractivity contribution is 0.0943. The highest BCUT2D eigenvalue weighted by Crippen LogP contribution is 2.25. The Bertz CT molecular complexity index is 781. The van der Waals surface area contributed by atoms with Crippen LogP contribution in [0.1, 0.15) is 30.6 Å². The molecule has 22 heavy (non-hydrogen) atoms. The first kappa shape index (κ1) is 17.0. The summed E-state index contributed by atoms with van der Waals surface area (Å²) in [5, 5.41) is 1.76. The van der Waals surface area contributed by atoms with Crippen LogP contribution < -0.4 is 5.32 Å². The van der Waals surface area contributed by atoms with E-state index in [4.69, 9.17) is 0 Å². The second-order valence-electron chi connectivity index (χ2n) is 5.73. The van der Waals surface area contributed by atoms with Gasteiger partial charge < -0.3 is 5.32 Å². The van der Waals surface area contributed by atoms with Crippen LogP contribution in [0.25, 0.3) is 0 Å². The van der Waals surface area contributed by atoms with E-state index in [1.165, 1.54) is 24.3 Å². The fraction of sp³-hybridized carbons (Fsp3) is 0.500. The van der Waals surface area contributed by atoms with E-state index in [0.717, 1.165) is 0 Å². The van der Waals surface area contributed by atoms with Crippen LogP contribution in [0.15, 0.2) is 29.2 Å².